The molecule has 46 heavy (non-hydrogen) atoms. The number of nitrogens with zero attached hydrogens (tertiary/aromatic N) is 6. The van der Waals surface area contributed by atoms with Crippen molar-refractivity contribution in [2.75, 3.05) is 0 Å². The summed E-state index contributed by atoms with van der Waals surface area (Å²) in [7, 11) is 0. The Labute approximate surface area is 264 Å². The molecule has 9 rings (SSSR count). The van der Waals surface area contributed by atoms with Gasteiger partial charge in [0.15, 0.2) is 17.5 Å². The summed E-state index contributed by atoms with van der Waals surface area (Å²) < 4.78 is 0. The third-order valence-electron chi connectivity index (χ3n) is 8.48. The SMILES string of the molecule is c1cc(-c2nc(-c3ccncc3)nc(-c3ccncc3)n2)cc(-c2nc3ccccc3c3c4ccccc4c4ccccc4c23)c1. The Morgan fingerprint density at radius 1 is 0.326 bits per heavy atom. The molecular formula is C40H24N6. The molecule has 6 nitrogen and oxygen atoms in total. The first-order valence-corrected chi connectivity index (χ1v) is 15.1. The number of aromatic nitrogens is 6. The average molecular weight is 589 g/mol. The fourth-order valence-corrected chi connectivity index (χ4v) is 6.41. The maximum atomic E-state index is 5.33. The molecule has 0 spiro atoms. The number of hydrogen-bond acceptors (Lipinski definition) is 6. The van der Waals surface area contributed by atoms with Crippen LogP contribution in [0.1, 0.15) is 0 Å². The van der Waals surface area contributed by atoms with Gasteiger partial charge in [0.2, 0.25) is 0 Å². The fourth-order valence-electron chi connectivity index (χ4n) is 6.41. The highest BCUT2D eigenvalue weighted by atomic mass is 15.0. The van der Waals surface area contributed by atoms with Gasteiger partial charge in [-0.25, -0.2) is 19.9 Å². The van der Waals surface area contributed by atoms with Gasteiger partial charge in [-0.1, -0.05) is 84.9 Å². The highest BCUT2D eigenvalue weighted by Crippen LogP contribution is 2.43. The van der Waals surface area contributed by atoms with E-state index < -0.39 is 0 Å². The Morgan fingerprint density at radius 3 is 1.41 bits per heavy atom. The number of hydrogen-bond donors (Lipinski definition) is 0. The molecule has 0 unspecified atom stereocenters. The lowest BCUT2D eigenvalue weighted by Crippen LogP contribution is -2.00. The van der Waals surface area contributed by atoms with Gasteiger partial charge in [0.1, 0.15) is 0 Å². The molecule has 0 N–H and O–H groups in total. The van der Waals surface area contributed by atoms with E-state index in [1.807, 2.05) is 30.3 Å². The van der Waals surface area contributed by atoms with Gasteiger partial charge in [0, 0.05) is 63.2 Å². The molecule has 0 aliphatic carbocycles. The molecule has 0 saturated carbocycles. The Morgan fingerprint density at radius 2 is 0.804 bits per heavy atom. The van der Waals surface area contributed by atoms with Crippen LogP contribution in [0.25, 0.3) is 88.6 Å². The molecule has 0 atom stereocenters. The molecule has 9 aromatic rings. The van der Waals surface area contributed by atoms with E-state index in [1.165, 1.54) is 26.9 Å². The van der Waals surface area contributed by atoms with Crippen LogP contribution in [0, 0.1) is 0 Å². The zero-order chi connectivity index (χ0) is 30.5. The van der Waals surface area contributed by atoms with Crippen LogP contribution in [-0.2, 0) is 0 Å². The standard InChI is InChI=1S/C40H24N6/c1-3-12-31-29(10-1)30-11-2-4-13-32(30)36-35(31)33-14-5-6-15-34(33)43-37(36)27-8-7-9-28(24-27)40-45-38(25-16-20-41-21-17-25)44-39(46-40)26-18-22-42-23-19-26/h1-24H. The first-order chi connectivity index (χ1) is 22.8. The van der Waals surface area contributed by atoms with Gasteiger partial charge in [-0.05, 0) is 57.9 Å². The van der Waals surface area contributed by atoms with Crippen molar-refractivity contribution in [1.29, 1.82) is 0 Å². The summed E-state index contributed by atoms with van der Waals surface area (Å²) >= 11 is 0. The highest BCUT2D eigenvalue weighted by Gasteiger charge is 2.18. The van der Waals surface area contributed by atoms with E-state index in [-0.39, 0.29) is 0 Å². The average Bonchev–Trinajstić information content (AvgIpc) is 3.15. The van der Waals surface area contributed by atoms with Gasteiger partial charge in [-0.15, -0.1) is 0 Å². The van der Waals surface area contributed by atoms with E-state index in [9.17, 15) is 0 Å². The van der Waals surface area contributed by atoms with Gasteiger partial charge in [-0.3, -0.25) is 9.97 Å². The van der Waals surface area contributed by atoms with Crippen LogP contribution < -0.4 is 0 Å². The van der Waals surface area contributed by atoms with Gasteiger partial charge < -0.3 is 0 Å². The van der Waals surface area contributed by atoms with E-state index in [1.54, 1.807) is 24.8 Å². The molecule has 5 aromatic carbocycles. The van der Waals surface area contributed by atoms with Crippen LogP contribution >= 0.6 is 0 Å². The second kappa shape index (κ2) is 10.6. The van der Waals surface area contributed by atoms with E-state index in [2.05, 4.69) is 101 Å². The highest BCUT2D eigenvalue weighted by molar-refractivity contribution is 6.33. The molecule has 0 bridgehead atoms. The number of fused-ring (bicyclic) bond motifs is 8. The van der Waals surface area contributed by atoms with Gasteiger partial charge >= 0.3 is 0 Å². The molecule has 0 saturated heterocycles. The number of pyridine rings is 3. The third kappa shape index (κ3) is 4.27. The topological polar surface area (TPSA) is 77.3 Å². The Balaban J connectivity index is 1.33. The molecule has 0 aliphatic rings. The molecule has 6 heteroatoms. The maximum Gasteiger partial charge on any atom is 0.164 e. The summed E-state index contributed by atoms with van der Waals surface area (Å²) in [5.74, 6) is 1.74. The largest absolute Gasteiger partial charge is 0.265 e. The third-order valence-corrected chi connectivity index (χ3v) is 8.48. The minimum atomic E-state index is 0.580. The Hall–Kier alpha value is -6.40. The predicted molar refractivity (Wildman–Crippen MR) is 185 cm³/mol. The van der Waals surface area contributed by atoms with Gasteiger partial charge in [-0.2, -0.15) is 0 Å². The lowest BCUT2D eigenvalue weighted by Gasteiger charge is -2.16. The van der Waals surface area contributed by atoms with E-state index in [0.717, 1.165) is 44.2 Å². The van der Waals surface area contributed by atoms with Crippen molar-refractivity contribution in [2.45, 2.75) is 0 Å². The molecule has 214 valence electrons. The zero-order valence-electron chi connectivity index (χ0n) is 24.5. The van der Waals surface area contributed by atoms with Gasteiger partial charge in [0.25, 0.3) is 0 Å². The first-order valence-electron chi connectivity index (χ1n) is 15.1. The van der Waals surface area contributed by atoms with Crippen LogP contribution in [-0.4, -0.2) is 29.9 Å². The fraction of sp³-hybridized carbons (Fsp3) is 0. The van der Waals surface area contributed by atoms with Crippen molar-refractivity contribution in [2.24, 2.45) is 0 Å². The Kier molecular flexibility index (Phi) is 6.03. The number of benzene rings is 5. The summed E-state index contributed by atoms with van der Waals surface area (Å²) in [6.07, 6.45) is 6.98. The molecule has 4 aromatic heterocycles. The van der Waals surface area contributed by atoms with Crippen LogP contribution in [0.3, 0.4) is 0 Å². The van der Waals surface area contributed by atoms with E-state index in [4.69, 9.17) is 19.9 Å². The normalized spacial score (nSPS) is 11.5. The van der Waals surface area contributed by atoms with Crippen molar-refractivity contribution in [3.63, 3.8) is 0 Å². The second-order valence-corrected chi connectivity index (χ2v) is 11.2. The molecule has 0 fully saturated rings. The number of para-hydroxylation sites is 1. The summed E-state index contributed by atoms with van der Waals surface area (Å²) in [5, 5.41) is 8.32. The quantitative estimate of drug-likeness (QED) is 0.191. The molecule has 0 radical (unpaired) electrons. The second-order valence-electron chi connectivity index (χ2n) is 11.2. The summed E-state index contributed by atoms with van der Waals surface area (Å²) in [6, 6.07) is 41.7. The van der Waals surface area contributed by atoms with Crippen molar-refractivity contribution in [3.05, 3.63) is 146 Å². The molecule has 0 amide bonds. The van der Waals surface area contributed by atoms with Crippen molar-refractivity contribution < 1.29 is 0 Å². The summed E-state index contributed by atoms with van der Waals surface area (Å²) in [6.45, 7) is 0. The molecular weight excluding hydrogens is 564 g/mol. The van der Waals surface area contributed by atoms with Crippen molar-refractivity contribution >= 4 is 43.2 Å². The lowest BCUT2D eigenvalue weighted by atomic mass is 9.90. The van der Waals surface area contributed by atoms with Crippen LogP contribution in [0.15, 0.2) is 146 Å². The monoisotopic (exact) mass is 588 g/mol. The summed E-state index contributed by atoms with van der Waals surface area (Å²) in [4.78, 5) is 28.4. The first kappa shape index (κ1) is 26.0. The van der Waals surface area contributed by atoms with Gasteiger partial charge in [0.05, 0.1) is 11.2 Å². The lowest BCUT2D eigenvalue weighted by molar-refractivity contribution is 1.07. The van der Waals surface area contributed by atoms with Crippen LogP contribution in [0.4, 0.5) is 0 Å². The molecule has 4 heterocycles. The smallest absolute Gasteiger partial charge is 0.164 e. The van der Waals surface area contributed by atoms with Crippen LogP contribution in [0.5, 0.6) is 0 Å². The zero-order valence-corrected chi connectivity index (χ0v) is 24.5. The van der Waals surface area contributed by atoms with Crippen LogP contribution in [0.2, 0.25) is 0 Å². The predicted octanol–water partition coefficient (Wildman–Crippen LogP) is 9.34. The Bertz CT molecular complexity index is 2530. The maximum absolute atomic E-state index is 5.33. The van der Waals surface area contributed by atoms with E-state index in [0.29, 0.717) is 17.5 Å². The molecule has 0 aliphatic heterocycles. The minimum Gasteiger partial charge on any atom is -0.265 e. The minimum absolute atomic E-state index is 0.580. The van der Waals surface area contributed by atoms with E-state index >= 15 is 0 Å². The van der Waals surface area contributed by atoms with Crippen molar-refractivity contribution in [3.8, 4) is 45.4 Å². The summed E-state index contributed by atoms with van der Waals surface area (Å²) in [5.41, 5.74) is 5.48. The van der Waals surface area contributed by atoms with Crippen molar-refractivity contribution in [1.82, 2.24) is 29.9 Å². The number of rotatable bonds is 4.